The number of rotatable bonds is 4. The lowest BCUT2D eigenvalue weighted by Crippen LogP contribution is -2.60. The number of hydrogen-bond acceptors (Lipinski definition) is 10. The second-order valence-corrected chi connectivity index (χ2v) is 7.40. The molecule has 27 heavy (non-hydrogen) atoms. The van der Waals surface area contributed by atoms with Crippen LogP contribution in [-0.4, -0.2) is 97.0 Å². The van der Waals surface area contributed by atoms with Crippen LogP contribution in [0, 0.1) is 11.8 Å². The predicted molar refractivity (Wildman–Crippen MR) is 83.7 cm³/mol. The van der Waals surface area contributed by atoms with E-state index >= 15 is 0 Å². The molecule has 11 heteroatoms. The van der Waals surface area contributed by atoms with Gasteiger partial charge in [-0.3, -0.25) is 0 Å². The van der Waals surface area contributed by atoms with Crippen molar-refractivity contribution >= 4 is 5.97 Å². The van der Waals surface area contributed by atoms with E-state index in [0.717, 1.165) is 6.26 Å². The van der Waals surface area contributed by atoms with Gasteiger partial charge in [0.05, 0.1) is 36.1 Å². The smallest absolute Gasteiger partial charge is 0.335 e. The van der Waals surface area contributed by atoms with E-state index in [1.807, 2.05) is 0 Å². The molecule has 1 aliphatic carbocycles. The summed E-state index contributed by atoms with van der Waals surface area (Å²) in [4.78, 5) is 11.4. The Morgan fingerprint density at radius 2 is 1.89 bits per heavy atom. The highest BCUT2D eigenvalue weighted by Crippen LogP contribution is 2.49. The highest BCUT2D eigenvalue weighted by Gasteiger charge is 2.59. The lowest BCUT2D eigenvalue weighted by atomic mass is 9.81. The monoisotopic (exact) mass is 392 g/mol. The lowest BCUT2D eigenvalue weighted by Gasteiger charge is -2.44. The van der Waals surface area contributed by atoms with Gasteiger partial charge in [0.25, 0.3) is 0 Å². The number of carbonyl (C=O) groups is 1. The van der Waals surface area contributed by atoms with Crippen LogP contribution in [0.2, 0.25) is 0 Å². The number of fused-ring (bicyclic) bond motifs is 1. The van der Waals surface area contributed by atoms with Crippen LogP contribution >= 0.6 is 0 Å². The maximum absolute atomic E-state index is 11.4. The fourth-order valence-corrected chi connectivity index (χ4v) is 4.10. The topological polar surface area (TPSA) is 186 Å². The van der Waals surface area contributed by atoms with E-state index in [-0.39, 0.29) is 12.0 Å². The van der Waals surface area contributed by atoms with E-state index in [1.54, 1.807) is 0 Å². The minimum atomic E-state index is -1.69. The van der Waals surface area contributed by atoms with E-state index in [2.05, 4.69) is 0 Å². The normalized spacial score (nSPS) is 49.9. The Labute approximate surface area is 154 Å². The third-order valence-electron chi connectivity index (χ3n) is 5.49. The molecule has 3 rings (SSSR count). The molecule has 0 aromatic carbocycles. The van der Waals surface area contributed by atoms with Crippen molar-refractivity contribution in [2.24, 2.45) is 11.8 Å². The van der Waals surface area contributed by atoms with Gasteiger partial charge in [-0.1, -0.05) is 0 Å². The molecule has 2 fully saturated rings. The fraction of sp³-hybridized carbons (Fsp3) is 0.812. The number of aliphatic hydroxyl groups excluding tert-OH is 5. The van der Waals surface area contributed by atoms with Crippen molar-refractivity contribution in [2.45, 2.75) is 62.0 Å². The summed E-state index contributed by atoms with van der Waals surface area (Å²) < 4.78 is 16.1. The van der Waals surface area contributed by atoms with Crippen LogP contribution < -0.4 is 0 Å². The average molecular weight is 392 g/mol. The summed E-state index contributed by atoms with van der Waals surface area (Å²) in [5, 5.41) is 69.2. The van der Waals surface area contributed by atoms with Crippen molar-refractivity contribution < 1.29 is 54.8 Å². The molecular formula is C16H24O11. The van der Waals surface area contributed by atoms with Gasteiger partial charge < -0.3 is 50.0 Å². The Balaban J connectivity index is 1.85. The molecule has 0 spiro atoms. The number of carboxylic acid groups (broad SMARTS) is 1. The van der Waals surface area contributed by atoms with Gasteiger partial charge in [-0.15, -0.1) is 0 Å². The second kappa shape index (κ2) is 7.26. The number of aliphatic hydroxyl groups is 6. The van der Waals surface area contributed by atoms with Crippen LogP contribution in [0.25, 0.3) is 0 Å². The third-order valence-corrected chi connectivity index (χ3v) is 5.49. The predicted octanol–water partition coefficient (Wildman–Crippen LogP) is -3.12. The van der Waals surface area contributed by atoms with Crippen LogP contribution in [0.1, 0.15) is 13.3 Å². The maximum Gasteiger partial charge on any atom is 0.335 e. The first kappa shape index (κ1) is 20.4. The summed E-state index contributed by atoms with van der Waals surface area (Å²) in [6, 6.07) is 0. The Bertz CT molecular complexity index is 603. The van der Waals surface area contributed by atoms with Crippen LogP contribution in [0.3, 0.4) is 0 Å². The van der Waals surface area contributed by atoms with Gasteiger partial charge in [0.1, 0.15) is 24.4 Å². The van der Waals surface area contributed by atoms with Gasteiger partial charge in [0.15, 0.2) is 6.29 Å². The molecule has 2 aliphatic heterocycles. The fourth-order valence-electron chi connectivity index (χ4n) is 4.10. The third kappa shape index (κ3) is 3.45. The Morgan fingerprint density at radius 1 is 1.22 bits per heavy atom. The molecule has 10 atom stereocenters. The van der Waals surface area contributed by atoms with E-state index in [1.165, 1.54) is 6.92 Å². The molecule has 154 valence electrons. The van der Waals surface area contributed by atoms with Gasteiger partial charge in [-0.25, -0.2) is 4.79 Å². The van der Waals surface area contributed by atoms with Crippen molar-refractivity contribution in [1.29, 1.82) is 0 Å². The SMILES string of the molecule is C[C@]1(O)C[C@@H](O)C2C(C(=O)O)=COC(O[C@@H]3O[C@H](CO)[C@@H](O)[C@H](O)[C@H]3O)C21. The summed E-state index contributed by atoms with van der Waals surface area (Å²) in [6.45, 7) is 0.751. The van der Waals surface area contributed by atoms with Crippen molar-refractivity contribution in [2.75, 3.05) is 6.61 Å². The first-order valence-electron chi connectivity index (χ1n) is 8.53. The zero-order valence-electron chi connectivity index (χ0n) is 14.5. The molecule has 3 unspecified atom stereocenters. The highest BCUT2D eigenvalue weighted by atomic mass is 16.8. The summed E-state index contributed by atoms with van der Waals surface area (Å²) in [5.41, 5.74) is -1.77. The first-order valence-corrected chi connectivity index (χ1v) is 8.53. The Kier molecular flexibility index (Phi) is 5.49. The van der Waals surface area contributed by atoms with Gasteiger partial charge >= 0.3 is 5.97 Å². The summed E-state index contributed by atoms with van der Waals surface area (Å²) >= 11 is 0. The summed E-state index contributed by atoms with van der Waals surface area (Å²) in [7, 11) is 0. The number of carboxylic acids is 1. The summed E-state index contributed by atoms with van der Waals surface area (Å²) in [5.74, 6) is -3.30. The molecule has 0 bridgehead atoms. The van der Waals surface area contributed by atoms with E-state index in [9.17, 15) is 40.5 Å². The number of aliphatic carboxylic acids is 1. The molecule has 0 radical (unpaired) electrons. The van der Waals surface area contributed by atoms with Crippen LogP contribution in [0.5, 0.6) is 0 Å². The molecule has 11 nitrogen and oxygen atoms in total. The molecule has 1 saturated heterocycles. The van der Waals surface area contributed by atoms with Crippen LogP contribution in [-0.2, 0) is 19.0 Å². The molecule has 7 N–H and O–H groups in total. The van der Waals surface area contributed by atoms with Crippen molar-refractivity contribution in [3.63, 3.8) is 0 Å². The maximum atomic E-state index is 11.4. The minimum absolute atomic E-state index is 0.120. The largest absolute Gasteiger partial charge is 0.478 e. The van der Waals surface area contributed by atoms with Crippen molar-refractivity contribution in [3.05, 3.63) is 11.8 Å². The molecule has 1 saturated carbocycles. The molecule has 0 aromatic rings. The zero-order chi connectivity index (χ0) is 20.1. The number of hydrogen-bond donors (Lipinski definition) is 7. The first-order chi connectivity index (χ1) is 12.6. The van der Waals surface area contributed by atoms with Gasteiger partial charge in [0.2, 0.25) is 6.29 Å². The average Bonchev–Trinajstić information content (AvgIpc) is 2.85. The number of ether oxygens (including phenoxy) is 3. The quantitative estimate of drug-likeness (QED) is 0.256. The van der Waals surface area contributed by atoms with Gasteiger partial charge in [-0.2, -0.15) is 0 Å². The summed E-state index contributed by atoms with van der Waals surface area (Å²) in [6.07, 6.45) is -9.34. The standard InChI is InChI=1S/C16H24O11/c1-16(24)2-6(18)8-5(13(22)23)4-25-14(9(8)16)27-15-12(21)11(20)10(19)7(3-17)26-15/h4,6-12,14-15,17-21,24H,2-3H2,1H3,(H,22,23)/t6-,7-,8?,9?,10-,11+,12-,14?,15+,16+/m1/s1. The molecule has 2 heterocycles. The highest BCUT2D eigenvalue weighted by molar-refractivity contribution is 5.87. The van der Waals surface area contributed by atoms with E-state index in [0.29, 0.717) is 0 Å². The zero-order valence-corrected chi connectivity index (χ0v) is 14.5. The van der Waals surface area contributed by atoms with E-state index < -0.39 is 73.1 Å². The van der Waals surface area contributed by atoms with Gasteiger partial charge in [0, 0.05) is 12.3 Å². The molecule has 0 aromatic heterocycles. The minimum Gasteiger partial charge on any atom is -0.478 e. The van der Waals surface area contributed by atoms with Crippen molar-refractivity contribution in [1.82, 2.24) is 0 Å². The van der Waals surface area contributed by atoms with Crippen LogP contribution in [0.4, 0.5) is 0 Å². The molecule has 3 aliphatic rings. The van der Waals surface area contributed by atoms with Crippen LogP contribution in [0.15, 0.2) is 11.8 Å². The Hall–Kier alpha value is -1.31. The van der Waals surface area contributed by atoms with Crippen molar-refractivity contribution in [3.8, 4) is 0 Å². The lowest BCUT2D eigenvalue weighted by molar-refractivity contribution is -0.346. The second-order valence-electron chi connectivity index (χ2n) is 7.40. The molecular weight excluding hydrogens is 368 g/mol. The molecule has 0 amide bonds. The van der Waals surface area contributed by atoms with Gasteiger partial charge in [-0.05, 0) is 6.92 Å². The van der Waals surface area contributed by atoms with E-state index in [4.69, 9.17) is 14.2 Å². The Morgan fingerprint density at radius 3 is 2.48 bits per heavy atom.